The van der Waals surface area contributed by atoms with Gasteiger partial charge in [0.2, 0.25) is 0 Å². The Balaban J connectivity index is 1.11. The summed E-state index contributed by atoms with van der Waals surface area (Å²) in [7, 11) is -2.56. The fraction of sp³-hybridized carbons (Fsp3) is 0.0980. The van der Waals surface area contributed by atoms with Crippen molar-refractivity contribution in [2.24, 2.45) is 0 Å². The Bertz CT molecular complexity index is 2910. The number of benzene rings is 7. The maximum absolute atomic E-state index is 14.6. The molecule has 1 heterocycles. The molecule has 0 radical (unpaired) electrons. The van der Waals surface area contributed by atoms with Crippen LogP contribution in [0.15, 0.2) is 181 Å². The molecule has 2 aliphatic rings. The van der Waals surface area contributed by atoms with Gasteiger partial charge >= 0.3 is 8.53 Å². The minimum absolute atomic E-state index is 0.186. The van der Waals surface area contributed by atoms with Gasteiger partial charge in [-0.05, 0) is 100 Å². The van der Waals surface area contributed by atoms with E-state index in [0.29, 0.717) is 47.0 Å². The smallest absolute Gasteiger partial charge is 0.424 e. The first-order valence-electron chi connectivity index (χ1n) is 20.3. The third-order valence-corrected chi connectivity index (χ3v) is 12.8. The maximum atomic E-state index is 14.6. The zero-order valence-corrected chi connectivity index (χ0v) is 35.5. The predicted octanol–water partition coefficient (Wildman–Crippen LogP) is 13.4. The van der Waals surface area contributed by atoms with Crippen molar-refractivity contribution in [3.8, 4) is 28.4 Å². The lowest BCUT2D eigenvalue weighted by Crippen LogP contribution is -2.34. The van der Waals surface area contributed by atoms with E-state index in [1.165, 1.54) is 0 Å². The number of para-hydroxylation sites is 3. The number of carbonyl (C=O) groups is 2. The Morgan fingerprint density at radius 1 is 0.672 bits per heavy atom. The highest BCUT2D eigenvalue weighted by Crippen LogP contribution is 2.56. The first kappa shape index (κ1) is 39.7. The van der Waals surface area contributed by atoms with E-state index in [-0.39, 0.29) is 11.8 Å². The highest BCUT2D eigenvalue weighted by molar-refractivity contribution is 7.51. The van der Waals surface area contributed by atoms with Crippen LogP contribution in [0.2, 0.25) is 0 Å². The largest absolute Gasteiger partial charge is 0.440 e. The highest BCUT2D eigenvalue weighted by Gasteiger charge is 2.41. The van der Waals surface area contributed by atoms with Gasteiger partial charge in [0.1, 0.15) is 23.0 Å². The molecule has 9 rings (SSSR count). The molecule has 61 heavy (non-hydrogen) atoms. The number of allylic oxidation sites excluding steroid dienone is 3. The number of carbonyl (C=O) groups excluding carboxylic acids is 2. The number of amides is 2. The summed E-state index contributed by atoms with van der Waals surface area (Å²) in [6.45, 7) is 4.13. The standard InChI is InChI=1S/C51H42N2O6P2/c1-3-34-18-10-15-26-42(34)52-50(54)40-24-14-17-28-44(40)56-60-57-46-32-30-36-20-8-12-22-38(36)48(46)49-39-23-13-9-21-37(39)31-33-47(49)59-61-53(43-27-16-11-19-35(43)4-2)51(55)41-25-6-5-7-29-45(41)58-61/h6-33,60H,3-5H2,1-2H3,(H,52,54). The number of hydrogen-bond donors (Lipinski definition) is 1. The minimum Gasteiger partial charge on any atom is -0.440 e. The molecule has 0 aromatic heterocycles. The molecule has 2 unspecified atom stereocenters. The summed E-state index contributed by atoms with van der Waals surface area (Å²) < 4.78 is 28.4. The lowest BCUT2D eigenvalue weighted by molar-refractivity contribution is -0.114. The number of nitrogens with one attached hydrogen (secondary N) is 1. The van der Waals surface area contributed by atoms with Crippen molar-refractivity contribution in [1.82, 2.24) is 0 Å². The Hall–Kier alpha value is -6.72. The number of nitrogens with zero attached hydrogens (tertiary/aromatic N) is 1. The van der Waals surface area contributed by atoms with Crippen LogP contribution in [0.25, 0.3) is 32.7 Å². The zero-order valence-electron chi connectivity index (χ0n) is 33.6. The molecule has 0 fully saturated rings. The summed E-state index contributed by atoms with van der Waals surface area (Å²) in [5.74, 6) is 1.50. The quantitative estimate of drug-likeness (QED) is 0.123. The average molecular weight is 841 g/mol. The van der Waals surface area contributed by atoms with Crippen LogP contribution in [0, 0.1) is 0 Å². The van der Waals surface area contributed by atoms with E-state index < -0.39 is 17.6 Å². The van der Waals surface area contributed by atoms with Crippen molar-refractivity contribution in [2.75, 3.05) is 9.99 Å². The van der Waals surface area contributed by atoms with Crippen LogP contribution >= 0.6 is 17.6 Å². The van der Waals surface area contributed by atoms with E-state index >= 15 is 0 Å². The first-order chi connectivity index (χ1) is 30.0. The second-order valence-electron chi connectivity index (χ2n) is 14.4. The van der Waals surface area contributed by atoms with Gasteiger partial charge in [-0.15, -0.1) is 0 Å². The number of anilines is 2. The topological polar surface area (TPSA) is 86.3 Å². The van der Waals surface area contributed by atoms with Gasteiger partial charge in [0.15, 0.2) is 0 Å². The number of rotatable bonds is 12. The number of fused-ring (bicyclic) bond motifs is 2. The Morgan fingerprint density at radius 3 is 2.05 bits per heavy atom. The summed E-state index contributed by atoms with van der Waals surface area (Å²) in [6, 6.07) is 47.0. The monoisotopic (exact) mass is 840 g/mol. The summed E-state index contributed by atoms with van der Waals surface area (Å²) in [6.07, 6.45) is 9.83. The average Bonchev–Trinajstić information content (AvgIpc) is 3.55. The molecule has 7 aromatic carbocycles. The normalized spacial score (nSPS) is 14.9. The summed E-state index contributed by atoms with van der Waals surface area (Å²) >= 11 is 0. The van der Waals surface area contributed by atoms with Crippen LogP contribution in [0.4, 0.5) is 11.4 Å². The van der Waals surface area contributed by atoms with Crippen molar-refractivity contribution >= 4 is 62.3 Å². The molecule has 2 atom stereocenters. The van der Waals surface area contributed by atoms with E-state index in [1.54, 1.807) is 16.8 Å². The first-order valence-corrected chi connectivity index (χ1v) is 22.2. The molecule has 0 spiro atoms. The van der Waals surface area contributed by atoms with Gasteiger partial charge in [-0.25, -0.2) is 4.67 Å². The molecule has 0 saturated carbocycles. The predicted molar refractivity (Wildman–Crippen MR) is 249 cm³/mol. The Labute approximate surface area is 358 Å². The van der Waals surface area contributed by atoms with Crippen molar-refractivity contribution in [1.29, 1.82) is 0 Å². The van der Waals surface area contributed by atoms with Crippen LogP contribution in [0.3, 0.4) is 0 Å². The molecule has 8 nitrogen and oxygen atoms in total. The molecule has 0 bridgehead atoms. The molecule has 1 aliphatic heterocycles. The summed E-state index contributed by atoms with van der Waals surface area (Å²) in [5, 5.41) is 6.92. The Kier molecular flexibility index (Phi) is 11.6. The van der Waals surface area contributed by atoms with Crippen molar-refractivity contribution in [3.63, 3.8) is 0 Å². The molecular formula is C51H42N2O6P2. The number of aryl methyl sites for hydroxylation is 2. The lowest BCUT2D eigenvalue weighted by Gasteiger charge is -2.35. The summed E-state index contributed by atoms with van der Waals surface area (Å²) in [4.78, 5) is 28.2. The fourth-order valence-electron chi connectivity index (χ4n) is 7.71. The summed E-state index contributed by atoms with van der Waals surface area (Å²) in [5.41, 5.74) is 6.00. The second-order valence-corrected chi connectivity index (χ2v) is 16.2. The van der Waals surface area contributed by atoms with E-state index in [0.717, 1.165) is 61.6 Å². The van der Waals surface area contributed by atoms with Crippen LogP contribution in [-0.2, 0) is 22.2 Å². The van der Waals surface area contributed by atoms with Gasteiger partial charge in [-0.2, -0.15) is 0 Å². The molecule has 7 aromatic rings. The zero-order chi connectivity index (χ0) is 41.7. The molecular weight excluding hydrogens is 799 g/mol. The van der Waals surface area contributed by atoms with Crippen molar-refractivity contribution in [3.05, 3.63) is 198 Å². The van der Waals surface area contributed by atoms with Gasteiger partial charge in [0, 0.05) is 16.8 Å². The second kappa shape index (κ2) is 17.9. The Morgan fingerprint density at radius 2 is 1.28 bits per heavy atom. The maximum Gasteiger partial charge on any atom is 0.424 e. The molecule has 10 heteroatoms. The van der Waals surface area contributed by atoms with E-state index in [9.17, 15) is 9.59 Å². The van der Waals surface area contributed by atoms with Crippen LogP contribution in [-0.4, -0.2) is 11.8 Å². The third kappa shape index (κ3) is 8.01. The van der Waals surface area contributed by atoms with Gasteiger partial charge in [0.05, 0.1) is 16.8 Å². The van der Waals surface area contributed by atoms with Gasteiger partial charge < -0.3 is 23.4 Å². The molecule has 0 saturated heterocycles. The van der Waals surface area contributed by atoms with Gasteiger partial charge in [-0.1, -0.05) is 135 Å². The fourth-order valence-corrected chi connectivity index (χ4v) is 9.76. The third-order valence-electron chi connectivity index (χ3n) is 10.7. The molecule has 1 aliphatic carbocycles. The lowest BCUT2D eigenvalue weighted by atomic mass is 9.92. The van der Waals surface area contributed by atoms with E-state index in [4.69, 9.17) is 18.1 Å². The minimum atomic E-state index is -2.05. The van der Waals surface area contributed by atoms with Gasteiger partial charge in [0.25, 0.3) is 20.8 Å². The van der Waals surface area contributed by atoms with E-state index in [2.05, 4.69) is 43.4 Å². The highest BCUT2D eigenvalue weighted by atomic mass is 31.2. The van der Waals surface area contributed by atoms with Crippen LogP contribution in [0.5, 0.6) is 17.2 Å². The molecule has 1 N–H and O–H groups in total. The van der Waals surface area contributed by atoms with Crippen LogP contribution < -0.4 is 23.6 Å². The SMILES string of the molecule is CCc1ccccc1NC(=O)c1ccccc1OPOc1ccc2ccccc2c1-c1c(OP2OC3=C(C=CCC=C3)C(=O)N2c2ccccc2CC)ccc2ccccc12. The molecule has 2 amide bonds. The van der Waals surface area contributed by atoms with E-state index in [1.807, 2.05) is 133 Å². The van der Waals surface area contributed by atoms with Crippen molar-refractivity contribution in [2.45, 2.75) is 33.1 Å². The number of hydrogen-bond acceptors (Lipinski definition) is 6. The van der Waals surface area contributed by atoms with Crippen molar-refractivity contribution < 1.29 is 27.7 Å². The van der Waals surface area contributed by atoms with Crippen LogP contribution in [0.1, 0.15) is 41.8 Å². The molecule has 302 valence electrons. The van der Waals surface area contributed by atoms with Gasteiger partial charge in [-0.3, -0.25) is 9.59 Å².